The van der Waals surface area contributed by atoms with Gasteiger partial charge in [0.15, 0.2) is 0 Å². The molecule has 0 unspecified atom stereocenters. The van der Waals surface area contributed by atoms with Crippen molar-refractivity contribution in [2.75, 3.05) is 13.1 Å². The van der Waals surface area contributed by atoms with E-state index in [1.54, 1.807) is 0 Å². The van der Waals surface area contributed by atoms with Gasteiger partial charge in [-0.3, -0.25) is 9.59 Å². The summed E-state index contributed by atoms with van der Waals surface area (Å²) in [4.78, 5) is 23.5. The Labute approximate surface area is 127 Å². The minimum Gasteiger partial charge on any atom is -0.481 e. The van der Waals surface area contributed by atoms with Gasteiger partial charge >= 0.3 is 5.97 Å². The van der Waals surface area contributed by atoms with Crippen molar-refractivity contribution in [3.8, 4) is 0 Å². The Morgan fingerprint density at radius 3 is 2.71 bits per heavy atom. The van der Waals surface area contributed by atoms with E-state index in [0.29, 0.717) is 25.2 Å². The topological polar surface area (TPSA) is 78.4 Å². The van der Waals surface area contributed by atoms with E-state index < -0.39 is 5.97 Å². The lowest BCUT2D eigenvalue weighted by atomic mass is 9.71. The molecule has 2 rings (SSSR count). The molecule has 2 fully saturated rings. The van der Waals surface area contributed by atoms with E-state index in [2.05, 4.69) is 10.6 Å². The fourth-order valence-electron chi connectivity index (χ4n) is 3.63. The molecular formula is C15H25BN2O3. The second-order valence-electron chi connectivity index (χ2n) is 6.36. The van der Waals surface area contributed by atoms with Crippen molar-refractivity contribution >= 4 is 19.7 Å². The van der Waals surface area contributed by atoms with Crippen molar-refractivity contribution in [3.63, 3.8) is 0 Å². The average molecular weight is 292 g/mol. The summed E-state index contributed by atoms with van der Waals surface area (Å²) in [6, 6.07) is -0.0955. The number of amides is 1. The van der Waals surface area contributed by atoms with Crippen LogP contribution in [0.15, 0.2) is 0 Å². The lowest BCUT2D eigenvalue weighted by Gasteiger charge is -2.34. The zero-order valence-corrected chi connectivity index (χ0v) is 12.5. The molecule has 6 heteroatoms. The Balaban J connectivity index is 1.83. The van der Waals surface area contributed by atoms with Crippen LogP contribution in [0.2, 0.25) is 6.32 Å². The molecule has 1 saturated carbocycles. The lowest BCUT2D eigenvalue weighted by molar-refractivity contribution is -0.146. The molecule has 1 aliphatic heterocycles. The van der Waals surface area contributed by atoms with Gasteiger partial charge in [0.05, 0.1) is 19.8 Å². The minimum atomic E-state index is -0.741. The van der Waals surface area contributed by atoms with Crippen molar-refractivity contribution in [2.45, 2.75) is 50.9 Å². The van der Waals surface area contributed by atoms with Crippen LogP contribution in [0.5, 0.6) is 0 Å². The van der Waals surface area contributed by atoms with Crippen molar-refractivity contribution in [2.24, 2.45) is 17.8 Å². The molecule has 0 bridgehead atoms. The number of carbonyl (C=O) groups is 2. The number of nitrogens with one attached hydrogen (secondary N) is 2. The highest BCUT2D eigenvalue weighted by Gasteiger charge is 2.35. The van der Waals surface area contributed by atoms with Gasteiger partial charge in [-0.15, -0.1) is 0 Å². The number of carboxylic acid groups (broad SMARTS) is 1. The zero-order chi connectivity index (χ0) is 15.2. The number of carboxylic acids is 1. The third kappa shape index (κ3) is 4.46. The second kappa shape index (κ2) is 7.83. The quantitative estimate of drug-likeness (QED) is 0.637. The smallest absolute Gasteiger partial charge is 0.306 e. The molecule has 1 saturated heterocycles. The minimum absolute atomic E-state index is 0.0146. The van der Waals surface area contributed by atoms with Crippen molar-refractivity contribution in [1.29, 1.82) is 0 Å². The van der Waals surface area contributed by atoms with Crippen LogP contribution >= 0.6 is 0 Å². The molecule has 2 aliphatic rings. The van der Waals surface area contributed by atoms with Crippen LogP contribution in [0.3, 0.4) is 0 Å². The molecule has 3 N–H and O–H groups in total. The predicted molar refractivity (Wildman–Crippen MR) is 81.2 cm³/mol. The summed E-state index contributed by atoms with van der Waals surface area (Å²) in [6.45, 7) is 1.36. The Morgan fingerprint density at radius 1 is 1.29 bits per heavy atom. The van der Waals surface area contributed by atoms with Crippen LogP contribution in [0.1, 0.15) is 38.5 Å². The highest BCUT2D eigenvalue weighted by molar-refractivity contribution is 6.08. The van der Waals surface area contributed by atoms with Gasteiger partial charge in [0.25, 0.3) is 0 Å². The predicted octanol–water partition coefficient (Wildman–Crippen LogP) is 0.949. The molecule has 116 valence electrons. The van der Waals surface area contributed by atoms with E-state index in [1.807, 2.05) is 0 Å². The second-order valence-corrected chi connectivity index (χ2v) is 6.36. The number of hydrogen-bond acceptors (Lipinski definition) is 3. The summed E-state index contributed by atoms with van der Waals surface area (Å²) in [5.74, 6) is -0.621. The normalized spacial score (nSPS) is 32.8. The van der Waals surface area contributed by atoms with Gasteiger partial charge in [-0.25, -0.2) is 0 Å². The molecule has 21 heavy (non-hydrogen) atoms. The first-order chi connectivity index (χ1) is 10.1. The molecule has 1 amide bonds. The molecular weight excluding hydrogens is 267 g/mol. The fourth-order valence-corrected chi connectivity index (χ4v) is 3.63. The maximum absolute atomic E-state index is 12.0. The van der Waals surface area contributed by atoms with E-state index in [0.717, 1.165) is 38.6 Å². The molecule has 2 radical (unpaired) electrons. The Hall–Kier alpha value is -1.04. The summed E-state index contributed by atoms with van der Waals surface area (Å²) in [5, 5.41) is 15.5. The SMILES string of the molecule is [B]CC[C@@H]1CC[C@@H](CNC(=O)[C@@H]2CCCN2)[C@@H](C(=O)O)C1. The summed E-state index contributed by atoms with van der Waals surface area (Å²) in [7, 11) is 5.57. The maximum atomic E-state index is 12.0. The van der Waals surface area contributed by atoms with Crippen LogP contribution in [-0.2, 0) is 9.59 Å². The first kappa shape index (κ1) is 16.3. The van der Waals surface area contributed by atoms with Gasteiger partial charge in [-0.1, -0.05) is 19.2 Å². The fraction of sp³-hybridized carbons (Fsp3) is 0.867. The van der Waals surface area contributed by atoms with Crippen LogP contribution in [0, 0.1) is 17.8 Å². The average Bonchev–Trinajstić information content (AvgIpc) is 3.00. The first-order valence-corrected chi connectivity index (χ1v) is 8.05. The van der Waals surface area contributed by atoms with E-state index in [9.17, 15) is 14.7 Å². The lowest BCUT2D eigenvalue weighted by Crippen LogP contribution is -2.45. The maximum Gasteiger partial charge on any atom is 0.306 e. The molecule has 1 heterocycles. The molecule has 0 spiro atoms. The monoisotopic (exact) mass is 292 g/mol. The summed E-state index contributed by atoms with van der Waals surface area (Å²) in [5.41, 5.74) is 0. The van der Waals surface area contributed by atoms with Gasteiger partial charge in [0.2, 0.25) is 5.91 Å². The van der Waals surface area contributed by atoms with Crippen molar-refractivity contribution in [1.82, 2.24) is 10.6 Å². The van der Waals surface area contributed by atoms with E-state index in [1.165, 1.54) is 0 Å². The molecule has 0 aromatic rings. The van der Waals surface area contributed by atoms with E-state index in [4.69, 9.17) is 7.85 Å². The van der Waals surface area contributed by atoms with Crippen molar-refractivity contribution < 1.29 is 14.7 Å². The molecule has 0 aromatic carbocycles. The van der Waals surface area contributed by atoms with E-state index >= 15 is 0 Å². The highest BCUT2D eigenvalue weighted by atomic mass is 16.4. The van der Waals surface area contributed by atoms with Gasteiger partial charge in [0, 0.05) is 6.54 Å². The Morgan fingerprint density at radius 2 is 2.10 bits per heavy atom. The third-order valence-corrected chi connectivity index (χ3v) is 4.91. The van der Waals surface area contributed by atoms with Crippen LogP contribution in [0.25, 0.3) is 0 Å². The molecule has 1 aliphatic carbocycles. The first-order valence-electron chi connectivity index (χ1n) is 8.05. The van der Waals surface area contributed by atoms with Gasteiger partial charge in [-0.05, 0) is 44.1 Å². The standard InChI is InChI=1S/C15H25BN2O3/c16-6-5-10-3-4-11(12(8-10)15(20)21)9-18-14(19)13-2-1-7-17-13/h10-13,17H,1-9H2,(H,18,19)(H,20,21)/t10-,11-,12-,13-/m0/s1. The summed E-state index contributed by atoms with van der Waals surface area (Å²) < 4.78 is 0. The molecule has 4 atom stereocenters. The van der Waals surface area contributed by atoms with Crippen LogP contribution < -0.4 is 10.6 Å². The molecule has 5 nitrogen and oxygen atoms in total. The largest absolute Gasteiger partial charge is 0.481 e. The summed E-state index contributed by atoms with van der Waals surface area (Å²) >= 11 is 0. The van der Waals surface area contributed by atoms with Crippen LogP contribution in [-0.4, -0.2) is 44.0 Å². The van der Waals surface area contributed by atoms with Crippen LogP contribution in [0.4, 0.5) is 0 Å². The zero-order valence-electron chi connectivity index (χ0n) is 12.5. The Kier molecular flexibility index (Phi) is 6.09. The Bertz CT molecular complexity index is 372. The summed E-state index contributed by atoms with van der Waals surface area (Å²) in [6.07, 6.45) is 5.98. The van der Waals surface area contributed by atoms with Gasteiger partial charge in [-0.2, -0.15) is 0 Å². The number of carbonyl (C=O) groups excluding carboxylic acids is 1. The number of rotatable bonds is 6. The van der Waals surface area contributed by atoms with Gasteiger partial charge in [0.1, 0.15) is 0 Å². The number of hydrogen-bond donors (Lipinski definition) is 3. The van der Waals surface area contributed by atoms with Gasteiger partial charge < -0.3 is 15.7 Å². The highest BCUT2D eigenvalue weighted by Crippen LogP contribution is 2.36. The number of aliphatic carboxylic acids is 1. The third-order valence-electron chi connectivity index (χ3n) is 4.91. The van der Waals surface area contributed by atoms with E-state index in [-0.39, 0.29) is 23.8 Å². The van der Waals surface area contributed by atoms with Crippen molar-refractivity contribution in [3.05, 3.63) is 0 Å². The molecule has 0 aromatic heterocycles.